The highest BCUT2D eigenvalue weighted by Gasteiger charge is 2.24. The van der Waals surface area contributed by atoms with E-state index in [1.165, 1.54) is 0 Å². The molecule has 0 bridgehead atoms. The van der Waals surface area contributed by atoms with Crippen LogP contribution >= 0.6 is 11.6 Å². The number of nitrogens with zero attached hydrogens (tertiary/aromatic N) is 4. The molecule has 0 atom stereocenters. The van der Waals surface area contributed by atoms with E-state index in [1.54, 1.807) is 12.1 Å². The first kappa shape index (κ1) is 17.7. The molecule has 1 fully saturated rings. The lowest BCUT2D eigenvalue weighted by Crippen LogP contribution is -2.50. The zero-order chi connectivity index (χ0) is 18.8. The maximum atomic E-state index is 12.5. The normalized spacial score (nSPS) is 14.6. The number of halogens is 1. The van der Waals surface area contributed by atoms with E-state index in [9.17, 15) is 4.79 Å². The van der Waals surface area contributed by atoms with Gasteiger partial charge in [0.1, 0.15) is 0 Å². The van der Waals surface area contributed by atoms with Gasteiger partial charge in [-0.15, -0.1) is 0 Å². The third-order valence-corrected chi connectivity index (χ3v) is 5.11. The molecule has 1 aliphatic heterocycles. The number of benzene rings is 2. The molecule has 0 saturated carbocycles. The molecule has 1 aliphatic rings. The number of hydrogen-bond acceptors (Lipinski definition) is 3. The maximum Gasteiger partial charge on any atom is 0.321 e. The molecule has 1 aromatic heterocycles. The zero-order valence-electron chi connectivity index (χ0n) is 15.2. The average molecular weight is 384 g/mol. The van der Waals surface area contributed by atoms with Crippen LogP contribution in [0.25, 0.3) is 11.0 Å². The highest BCUT2D eigenvalue weighted by Crippen LogP contribution is 2.24. The molecule has 0 spiro atoms. The van der Waals surface area contributed by atoms with Crippen molar-refractivity contribution < 1.29 is 4.79 Å². The van der Waals surface area contributed by atoms with E-state index in [-0.39, 0.29) is 6.03 Å². The van der Waals surface area contributed by atoms with Gasteiger partial charge in [0.25, 0.3) is 0 Å². The van der Waals surface area contributed by atoms with Crippen LogP contribution in [0.2, 0.25) is 5.02 Å². The molecule has 6 nitrogen and oxygen atoms in total. The first-order chi connectivity index (χ1) is 13.2. The van der Waals surface area contributed by atoms with Gasteiger partial charge in [-0.3, -0.25) is 0 Å². The topological polar surface area (TPSA) is 53.4 Å². The highest BCUT2D eigenvalue weighted by atomic mass is 35.5. The third kappa shape index (κ3) is 3.57. The van der Waals surface area contributed by atoms with Gasteiger partial charge in [-0.25, -0.2) is 9.78 Å². The van der Waals surface area contributed by atoms with Crippen molar-refractivity contribution in [2.24, 2.45) is 0 Å². The summed E-state index contributed by atoms with van der Waals surface area (Å²) >= 11 is 5.98. The van der Waals surface area contributed by atoms with Crippen molar-refractivity contribution in [1.82, 2.24) is 14.5 Å². The number of aromatic nitrogens is 2. The van der Waals surface area contributed by atoms with Crippen LogP contribution in [0.4, 0.5) is 16.4 Å². The molecule has 2 aromatic carbocycles. The SMILES string of the molecule is CCn1c(N2CCN(C(=O)Nc3cccc(Cl)c3)CC2)nc2ccccc21. The van der Waals surface area contributed by atoms with E-state index in [1.807, 2.05) is 35.2 Å². The Balaban J connectivity index is 1.44. The average Bonchev–Trinajstić information content (AvgIpc) is 3.06. The van der Waals surface area contributed by atoms with Crippen molar-refractivity contribution in [3.8, 4) is 0 Å². The molecular weight excluding hydrogens is 362 g/mol. The zero-order valence-corrected chi connectivity index (χ0v) is 16.0. The molecule has 1 N–H and O–H groups in total. The van der Waals surface area contributed by atoms with Gasteiger partial charge < -0.3 is 19.7 Å². The van der Waals surface area contributed by atoms with Gasteiger partial charge >= 0.3 is 6.03 Å². The second-order valence-corrected chi connectivity index (χ2v) is 7.00. The Morgan fingerprint density at radius 1 is 1.11 bits per heavy atom. The minimum absolute atomic E-state index is 0.0964. The number of urea groups is 1. The van der Waals surface area contributed by atoms with Crippen LogP contribution in [0.15, 0.2) is 48.5 Å². The smallest absolute Gasteiger partial charge is 0.321 e. The fourth-order valence-corrected chi connectivity index (χ4v) is 3.68. The minimum Gasteiger partial charge on any atom is -0.339 e. The molecule has 140 valence electrons. The predicted molar refractivity (Wildman–Crippen MR) is 110 cm³/mol. The molecule has 3 aromatic rings. The van der Waals surface area contributed by atoms with Crippen molar-refractivity contribution in [2.75, 3.05) is 36.4 Å². The maximum absolute atomic E-state index is 12.5. The Morgan fingerprint density at radius 2 is 1.89 bits per heavy atom. The lowest BCUT2D eigenvalue weighted by molar-refractivity contribution is 0.208. The predicted octanol–water partition coefficient (Wildman–Crippen LogP) is 4.06. The van der Waals surface area contributed by atoms with Crippen LogP contribution in [0.1, 0.15) is 6.92 Å². The van der Waals surface area contributed by atoms with Crippen molar-refractivity contribution in [1.29, 1.82) is 0 Å². The summed E-state index contributed by atoms with van der Waals surface area (Å²) in [5, 5.41) is 3.52. The molecular formula is C20H22ClN5O. The molecule has 27 heavy (non-hydrogen) atoms. The summed E-state index contributed by atoms with van der Waals surface area (Å²) in [7, 11) is 0. The van der Waals surface area contributed by atoms with Crippen molar-refractivity contribution in [3.05, 3.63) is 53.6 Å². The van der Waals surface area contributed by atoms with E-state index in [2.05, 4.69) is 27.8 Å². The number of fused-ring (bicyclic) bond motifs is 1. The quantitative estimate of drug-likeness (QED) is 0.741. The van der Waals surface area contributed by atoms with Crippen LogP contribution in [0.5, 0.6) is 0 Å². The lowest BCUT2D eigenvalue weighted by Gasteiger charge is -2.35. The van der Waals surface area contributed by atoms with Crippen molar-refractivity contribution in [2.45, 2.75) is 13.5 Å². The van der Waals surface area contributed by atoms with Crippen LogP contribution < -0.4 is 10.2 Å². The van der Waals surface area contributed by atoms with Gasteiger partial charge in [-0.05, 0) is 37.3 Å². The number of rotatable bonds is 3. The monoisotopic (exact) mass is 383 g/mol. The van der Waals surface area contributed by atoms with Gasteiger partial charge in [0.15, 0.2) is 0 Å². The Bertz CT molecular complexity index is 962. The number of piperazine rings is 1. The number of amides is 2. The Hall–Kier alpha value is -2.73. The molecule has 4 rings (SSSR count). The van der Waals surface area contributed by atoms with Gasteiger partial charge in [-0.1, -0.05) is 29.8 Å². The fraction of sp³-hybridized carbons (Fsp3) is 0.300. The van der Waals surface area contributed by atoms with Gasteiger partial charge in [0, 0.05) is 43.4 Å². The standard InChI is InChI=1S/C20H22ClN5O/c1-2-26-18-9-4-3-8-17(18)23-19(26)24-10-12-25(13-11-24)20(27)22-16-7-5-6-15(21)14-16/h3-9,14H,2,10-13H2,1H3,(H,22,27). The minimum atomic E-state index is -0.0964. The highest BCUT2D eigenvalue weighted by molar-refractivity contribution is 6.30. The van der Waals surface area contributed by atoms with Crippen LogP contribution in [-0.4, -0.2) is 46.7 Å². The third-order valence-electron chi connectivity index (χ3n) is 4.88. The Kier molecular flexibility index (Phi) is 4.90. The van der Waals surface area contributed by atoms with Crippen molar-refractivity contribution >= 4 is 40.3 Å². The van der Waals surface area contributed by atoms with E-state index in [0.29, 0.717) is 23.8 Å². The molecule has 2 amide bonds. The number of carbonyl (C=O) groups excluding carboxylic acids is 1. The molecule has 2 heterocycles. The molecule has 1 saturated heterocycles. The molecule has 7 heteroatoms. The van der Waals surface area contributed by atoms with E-state index < -0.39 is 0 Å². The summed E-state index contributed by atoms with van der Waals surface area (Å²) in [6, 6.07) is 15.3. The number of aryl methyl sites for hydroxylation is 1. The van der Waals surface area contributed by atoms with Crippen LogP contribution in [0, 0.1) is 0 Å². The first-order valence-corrected chi connectivity index (χ1v) is 9.55. The number of imidazole rings is 1. The number of hydrogen-bond donors (Lipinski definition) is 1. The Morgan fingerprint density at radius 3 is 2.63 bits per heavy atom. The van der Waals surface area contributed by atoms with Crippen LogP contribution in [-0.2, 0) is 6.54 Å². The molecule has 0 unspecified atom stereocenters. The second-order valence-electron chi connectivity index (χ2n) is 6.56. The number of para-hydroxylation sites is 2. The Labute approximate surface area is 163 Å². The number of anilines is 2. The van der Waals surface area contributed by atoms with Crippen LogP contribution in [0.3, 0.4) is 0 Å². The van der Waals surface area contributed by atoms with Gasteiger partial charge in [0.05, 0.1) is 11.0 Å². The van der Waals surface area contributed by atoms with Gasteiger partial charge in [-0.2, -0.15) is 0 Å². The summed E-state index contributed by atoms with van der Waals surface area (Å²) in [5.74, 6) is 0.980. The van der Waals surface area contributed by atoms with E-state index >= 15 is 0 Å². The summed E-state index contributed by atoms with van der Waals surface area (Å²) < 4.78 is 2.23. The molecule has 0 aliphatic carbocycles. The summed E-state index contributed by atoms with van der Waals surface area (Å²) in [5.41, 5.74) is 2.87. The summed E-state index contributed by atoms with van der Waals surface area (Å²) in [4.78, 5) is 21.4. The largest absolute Gasteiger partial charge is 0.339 e. The fourth-order valence-electron chi connectivity index (χ4n) is 3.49. The van der Waals surface area contributed by atoms with E-state index in [0.717, 1.165) is 36.6 Å². The lowest BCUT2D eigenvalue weighted by atomic mass is 10.3. The summed E-state index contributed by atoms with van der Waals surface area (Å²) in [6.45, 7) is 5.81. The molecule has 0 radical (unpaired) electrons. The van der Waals surface area contributed by atoms with Crippen molar-refractivity contribution in [3.63, 3.8) is 0 Å². The van der Waals surface area contributed by atoms with E-state index in [4.69, 9.17) is 16.6 Å². The number of carbonyl (C=O) groups is 1. The first-order valence-electron chi connectivity index (χ1n) is 9.17. The number of nitrogens with one attached hydrogen (secondary N) is 1. The second kappa shape index (κ2) is 7.48. The summed E-state index contributed by atoms with van der Waals surface area (Å²) in [6.07, 6.45) is 0. The van der Waals surface area contributed by atoms with Gasteiger partial charge in [0.2, 0.25) is 5.95 Å².